The number of fused-ring (bicyclic) bond motifs is 2. The second kappa shape index (κ2) is 20.3. The normalized spacial score (nSPS) is 24.6. The van der Waals surface area contributed by atoms with E-state index in [0.29, 0.717) is 30.1 Å². The van der Waals surface area contributed by atoms with Crippen molar-refractivity contribution in [2.45, 2.75) is 83.5 Å². The highest BCUT2D eigenvalue weighted by Crippen LogP contribution is 2.62. The number of rotatable bonds is 21. The largest absolute Gasteiger partial charge is 0.459 e. The van der Waals surface area contributed by atoms with Crippen molar-refractivity contribution in [1.82, 2.24) is 4.90 Å². The van der Waals surface area contributed by atoms with Crippen LogP contribution in [0.4, 0.5) is 4.79 Å². The Morgan fingerprint density at radius 2 is 1.75 bits per heavy atom. The summed E-state index contributed by atoms with van der Waals surface area (Å²) in [5.74, 6) is 0.0991. The van der Waals surface area contributed by atoms with Crippen molar-refractivity contribution in [2.75, 3.05) is 59.9 Å². The second-order valence-electron chi connectivity index (χ2n) is 14.5. The lowest BCUT2D eigenvalue weighted by atomic mass is 9.55. The maximum Gasteiger partial charge on any atom is 0.410 e. The van der Waals surface area contributed by atoms with E-state index in [9.17, 15) is 20.1 Å². The van der Waals surface area contributed by atoms with Crippen LogP contribution in [0.15, 0.2) is 65.9 Å². The Morgan fingerprint density at radius 1 is 1.00 bits per heavy atom. The van der Waals surface area contributed by atoms with Gasteiger partial charge in [0.15, 0.2) is 0 Å². The van der Waals surface area contributed by atoms with E-state index in [1.807, 2.05) is 30.3 Å². The average molecular weight is 765 g/mol. The van der Waals surface area contributed by atoms with Gasteiger partial charge in [-0.05, 0) is 105 Å². The molecule has 2 aromatic rings. The summed E-state index contributed by atoms with van der Waals surface area (Å²) in [5.41, 5.74) is 4.89. The van der Waals surface area contributed by atoms with Crippen LogP contribution in [-0.2, 0) is 19.0 Å². The minimum Gasteiger partial charge on any atom is -0.459 e. The molecule has 0 saturated heterocycles. The van der Waals surface area contributed by atoms with Gasteiger partial charge in [0, 0.05) is 37.7 Å². The summed E-state index contributed by atoms with van der Waals surface area (Å²) in [7, 11) is 1.52. The van der Waals surface area contributed by atoms with Crippen molar-refractivity contribution in [1.29, 1.82) is 0 Å². The van der Waals surface area contributed by atoms with Crippen LogP contribution in [0.25, 0.3) is 0 Å². The summed E-state index contributed by atoms with van der Waals surface area (Å²) >= 11 is 0. The molecule has 12 nitrogen and oxygen atoms in total. The smallest absolute Gasteiger partial charge is 0.410 e. The molecule has 0 aromatic heterocycles. The molecule has 55 heavy (non-hydrogen) atoms. The molecule has 5 rings (SSSR count). The Kier molecular flexibility index (Phi) is 15.6. The Balaban J connectivity index is 1.75. The highest BCUT2D eigenvalue weighted by molar-refractivity contribution is 6.02. The van der Waals surface area contributed by atoms with Crippen LogP contribution >= 0.6 is 0 Å². The number of unbranched alkanes of at least 4 members (excludes halogenated alkanes) is 2. The van der Waals surface area contributed by atoms with Crippen molar-refractivity contribution >= 4 is 11.8 Å². The number of nitrogens with zero attached hydrogens (tertiary/aromatic N) is 2. The molecule has 2 aliphatic carbocycles. The molecule has 12 heteroatoms. The first-order chi connectivity index (χ1) is 26.8. The maximum atomic E-state index is 14.0. The quantitative estimate of drug-likeness (QED) is 0.0702. The number of aliphatic hydroxyl groups excluding tert-OH is 3. The number of aliphatic hydroxyl groups is 3. The van der Waals surface area contributed by atoms with Gasteiger partial charge in [-0.1, -0.05) is 36.2 Å². The number of ether oxygens (including phenoxy) is 5. The van der Waals surface area contributed by atoms with Crippen molar-refractivity contribution in [3.05, 3.63) is 77.4 Å². The zero-order chi connectivity index (χ0) is 39.4. The number of aryl methyl sites for hydroxylation is 2. The monoisotopic (exact) mass is 764 g/mol. The molecular weight excluding hydrogens is 704 g/mol. The number of oxime groups is 1. The van der Waals surface area contributed by atoms with Gasteiger partial charge in [0.1, 0.15) is 30.4 Å². The average Bonchev–Trinajstić information content (AvgIpc) is 3.17. The van der Waals surface area contributed by atoms with Crippen molar-refractivity contribution in [3.63, 3.8) is 0 Å². The SMILES string of the molecule is C=CCOC12Oc3ccc(Oc4ccc(C)c(C)c4)cc3C3C(CCCCO)C(CCCCO)C=C(C(=NOC)CC1N(CCOCCO)C(=O)OCC)C32. The molecule has 0 radical (unpaired) electrons. The number of carbonyl (C=O) groups excluding carboxylic acids is 1. The van der Waals surface area contributed by atoms with Gasteiger partial charge in [-0.25, -0.2) is 4.79 Å². The molecule has 1 aliphatic heterocycles. The summed E-state index contributed by atoms with van der Waals surface area (Å²) in [6.45, 7) is 10.6. The highest BCUT2D eigenvalue weighted by atomic mass is 16.7. The van der Waals surface area contributed by atoms with Gasteiger partial charge >= 0.3 is 6.09 Å². The van der Waals surface area contributed by atoms with Crippen LogP contribution in [0.5, 0.6) is 17.2 Å². The van der Waals surface area contributed by atoms with E-state index in [4.69, 9.17) is 28.5 Å². The van der Waals surface area contributed by atoms with Crippen LogP contribution in [0.3, 0.4) is 0 Å². The molecule has 1 saturated carbocycles. The third-order valence-electron chi connectivity index (χ3n) is 11.2. The third kappa shape index (κ3) is 9.55. The first-order valence-corrected chi connectivity index (χ1v) is 19.7. The topological polar surface area (TPSA) is 149 Å². The predicted octanol–water partition coefficient (Wildman–Crippen LogP) is 6.83. The number of hydrogen-bond donors (Lipinski definition) is 3. The van der Waals surface area contributed by atoms with Crippen molar-refractivity contribution in [3.8, 4) is 17.2 Å². The van der Waals surface area contributed by atoms with E-state index in [0.717, 1.165) is 48.1 Å². The molecule has 0 spiro atoms. The molecule has 0 bridgehead atoms. The fraction of sp³-hybridized carbons (Fsp3) is 0.581. The molecular formula is C43H60N2O10. The number of carbonyl (C=O) groups is 1. The van der Waals surface area contributed by atoms with Crippen LogP contribution in [0.1, 0.15) is 74.5 Å². The molecule has 3 N–H and O–H groups in total. The zero-order valence-corrected chi connectivity index (χ0v) is 32.9. The summed E-state index contributed by atoms with van der Waals surface area (Å²) in [4.78, 5) is 21.1. The highest BCUT2D eigenvalue weighted by Gasteiger charge is 2.65. The first-order valence-electron chi connectivity index (χ1n) is 19.7. The number of benzene rings is 2. The van der Waals surface area contributed by atoms with E-state index in [1.54, 1.807) is 17.9 Å². The van der Waals surface area contributed by atoms with E-state index >= 15 is 0 Å². The summed E-state index contributed by atoms with van der Waals surface area (Å²) in [5, 5.41) is 33.7. The van der Waals surface area contributed by atoms with Gasteiger partial charge < -0.3 is 43.8 Å². The zero-order valence-electron chi connectivity index (χ0n) is 32.9. The number of amides is 1. The molecule has 6 atom stereocenters. The molecule has 302 valence electrons. The summed E-state index contributed by atoms with van der Waals surface area (Å²) in [6, 6.07) is 11.2. The van der Waals surface area contributed by atoms with Gasteiger partial charge in [-0.15, -0.1) is 6.58 Å². The standard InChI is InChI=1S/C43H60N2O10/c1-6-22-53-43-39(45(42(49)52-7-2)18-23-51-24-21-48)28-37(44-50-5)35-26-31(12-8-10-19-46)34(13-9-11-20-47)40(41(35)43)36-27-33(16-17-38(36)55-43)54-32-15-14-29(3)30(4)25-32/h6,14-17,25-27,31,34,39-41,46-48H,1,7-13,18-24,28H2,2-5H3. The summed E-state index contributed by atoms with van der Waals surface area (Å²) in [6.07, 6.45) is 8.30. The van der Waals surface area contributed by atoms with Gasteiger partial charge in [0.2, 0.25) is 5.79 Å². The first kappa shape index (κ1) is 42.2. The summed E-state index contributed by atoms with van der Waals surface area (Å²) < 4.78 is 32.0. The fourth-order valence-corrected chi connectivity index (χ4v) is 8.65. The van der Waals surface area contributed by atoms with E-state index < -0.39 is 23.8 Å². The van der Waals surface area contributed by atoms with Crippen LogP contribution in [0, 0.1) is 31.6 Å². The van der Waals surface area contributed by atoms with E-state index in [1.165, 1.54) is 12.7 Å². The van der Waals surface area contributed by atoms with Crippen LogP contribution in [0.2, 0.25) is 0 Å². The molecule has 1 amide bonds. The Bertz CT molecular complexity index is 1640. The van der Waals surface area contributed by atoms with Gasteiger partial charge in [-0.3, -0.25) is 4.90 Å². The Hall–Kier alpha value is -3.94. The third-order valence-corrected chi connectivity index (χ3v) is 11.2. The maximum absolute atomic E-state index is 14.0. The van der Waals surface area contributed by atoms with Crippen LogP contribution < -0.4 is 9.47 Å². The van der Waals surface area contributed by atoms with E-state index in [-0.39, 0.29) is 77.0 Å². The van der Waals surface area contributed by atoms with Gasteiger partial charge in [0.05, 0.1) is 44.7 Å². The molecule has 3 aliphatic rings. The molecule has 6 unspecified atom stereocenters. The molecule has 2 aromatic carbocycles. The lowest BCUT2D eigenvalue weighted by molar-refractivity contribution is -0.256. The Labute approximate surface area is 325 Å². The van der Waals surface area contributed by atoms with Gasteiger partial charge in [0.25, 0.3) is 0 Å². The van der Waals surface area contributed by atoms with Crippen molar-refractivity contribution in [2.24, 2.45) is 22.9 Å². The lowest BCUT2D eigenvalue weighted by Gasteiger charge is -2.59. The minimum atomic E-state index is -1.42. The Morgan fingerprint density at radius 3 is 2.44 bits per heavy atom. The lowest BCUT2D eigenvalue weighted by Crippen LogP contribution is -2.70. The second-order valence-corrected chi connectivity index (χ2v) is 14.5. The predicted molar refractivity (Wildman–Crippen MR) is 210 cm³/mol. The number of hydrogen-bond acceptors (Lipinski definition) is 11. The number of allylic oxidation sites excluding steroid dienone is 1. The minimum absolute atomic E-state index is 0.0664. The van der Waals surface area contributed by atoms with Gasteiger partial charge in [-0.2, -0.15) is 0 Å². The molecule has 1 heterocycles. The van der Waals surface area contributed by atoms with Crippen molar-refractivity contribution < 1.29 is 48.6 Å². The van der Waals surface area contributed by atoms with Crippen LogP contribution in [-0.4, -0.2) is 104 Å². The fourth-order valence-electron chi connectivity index (χ4n) is 8.65. The van der Waals surface area contributed by atoms with E-state index in [2.05, 4.69) is 37.7 Å². The molecule has 1 fully saturated rings.